The Labute approximate surface area is 114 Å². The quantitative estimate of drug-likeness (QED) is 0.497. The number of benzene rings is 1. The van der Waals surface area contributed by atoms with Crippen LogP contribution in [0.1, 0.15) is 26.3 Å². The lowest BCUT2D eigenvalue weighted by molar-refractivity contribution is 0.720. The van der Waals surface area contributed by atoms with E-state index < -0.39 is 0 Å². The molecule has 0 atom stereocenters. The molecule has 4 heteroatoms. The average molecular weight is 261 g/mol. The smallest absolute Gasteiger partial charge is 0.187 e. The van der Waals surface area contributed by atoms with Crippen molar-refractivity contribution in [1.29, 1.82) is 0 Å². The molecule has 0 saturated heterocycles. The first-order chi connectivity index (χ1) is 8.58. The fourth-order valence-electron chi connectivity index (χ4n) is 1.34. The van der Waals surface area contributed by atoms with Crippen molar-refractivity contribution >= 4 is 29.6 Å². The molecular weight excluding hydrogens is 242 g/mol. The molecule has 0 aliphatic heterocycles. The number of hydrazone groups is 1. The molecule has 0 spiro atoms. The van der Waals surface area contributed by atoms with Gasteiger partial charge in [0.1, 0.15) is 0 Å². The van der Waals surface area contributed by atoms with E-state index >= 15 is 0 Å². The highest BCUT2D eigenvalue weighted by Crippen LogP contribution is 2.04. The van der Waals surface area contributed by atoms with Crippen LogP contribution in [0, 0.1) is 0 Å². The number of hydrogen-bond acceptors (Lipinski definition) is 2. The van der Waals surface area contributed by atoms with Gasteiger partial charge < -0.3 is 5.32 Å². The summed E-state index contributed by atoms with van der Waals surface area (Å²) in [4.78, 5) is 0. The Hall–Kier alpha value is -1.68. The molecule has 0 radical (unpaired) electrons. The molecule has 18 heavy (non-hydrogen) atoms. The van der Waals surface area contributed by atoms with Gasteiger partial charge >= 0.3 is 0 Å². The summed E-state index contributed by atoms with van der Waals surface area (Å²) in [5.74, 6) is 0. The summed E-state index contributed by atoms with van der Waals surface area (Å²) in [6, 6.07) is 10.4. The minimum absolute atomic E-state index is 0.307. The summed E-state index contributed by atoms with van der Waals surface area (Å²) < 4.78 is 0. The Balaban J connectivity index is 2.47. The lowest BCUT2D eigenvalue weighted by Gasteiger charge is -2.09. The standard InChI is InChI=1S/C14H19N3S/c1-11(2)16-14(18)17-15-10-12(3)9-13-7-5-4-6-8-13/h4-11H,1-3H3,(H2,16,17,18)/b12-9+,15-10+. The van der Waals surface area contributed by atoms with Gasteiger partial charge in [-0.15, -0.1) is 0 Å². The van der Waals surface area contributed by atoms with Crippen LogP contribution in [0.25, 0.3) is 6.08 Å². The topological polar surface area (TPSA) is 36.4 Å². The molecule has 1 rings (SSSR count). The number of nitrogens with one attached hydrogen (secondary N) is 2. The van der Waals surface area contributed by atoms with Gasteiger partial charge in [0, 0.05) is 6.04 Å². The molecule has 0 aliphatic rings. The Kier molecular flexibility index (Phi) is 6.08. The lowest BCUT2D eigenvalue weighted by Crippen LogP contribution is -2.36. The zero-order valence-electron chi connectivity index (χ0n) is 11.0. The first-order valence-electron chi connectivity index (χ1n) is 5.91. The molecule has 1 aromatic rings. The maximum atomic E-state index is 5.06. The third-order valence-electron chi connectivity index (χ3n) is 2.05. The Morgan fingerprint density at radius 1 is 1.28 bits per heavy atom. The van der Waals surface area contributed by atoms with Crippen LogP contribution < -0.4 is 10.7 Å². The van der Waals surface area contributed by atoms with Crippen LogP contribution in [0.4, 0.5) is 0 Å². The second kappa shape index (κ2) is 7.61. The van der Waals surface area contributed by atoms with Crippen LogP contribution in [-0.4, -0.2) is 17.4 Å². The normalized spacial score (nSPS) is 11.9. The molecular formula is C14H19N3S. The molecule has 0 saturated carbocycles. The van der Waals surface area contributed by atoms with Gasteiger partial charge in [0.05, 0.1) is 6.21 Å². The van der Waals surface area contributed by atoms with Gasteiger partial charge in [-0.3, -0.25) is 5.43 Å². The summed E-state index contributed by atoms with van der Waals surface area (Å²) in [6.45, 7) is 6.05. The van der Waals surface area contributed by atoms with Gasteiger partial charge in [0.25, 0.3) is 0 Å². The molecule has 0 unspecified atom stereocenters. The van der Waals surface area contributed by atoms with E-state index in [-0.39, 0.29) is 0 Å². The van der Waals surface area contributed by atoms with Gasteiger partial charge in [0.2, 0.25) is 0 Å². The number of nitrogens with zero attached hydrogens (tertiary/aromatic N) is 1. The summed E-state index contributed by atoms with van der Waals surface area (Å²) in [5.41, 5.74) is 4.99. The Morgan fingerprint density at radius 3 is 2.56 bits per heavy atom. The highest BCUT2D eigenvalue weighted by molar-refractivity contribution is 7.80. The van der Waals surface area contributed by atoms with Crippen LogP contribution in [0.2, 0.25) is 0 Å². The third-order valence-corrected chi connectivity index (χ3v) is 2.26. The number of hydrogen-bond donors (Lipinski definition) is 2. The fraction of sp³-hybridized carbons (Fsp3) is 0.286. The molecule has 1 aromatic carbocycles. The minimum Gasteiger partial charge on any atom is -0.359 e. The van der Waals surface area contributed by atoms with E-state index in [1.165, 1.54) is 0 Å². The molecule has 96 valence electrons. The van der Waals surface area contributed by atoms with Crippen molar-refractivity contribution in [3.63, 3.8) is 0 Å². The Bertz CT molecular complexity index is 436. The van der Waals surface area contributed by atoms with E-state index in [4.69, 9.17) is 12.2 Å². The van der Waals surface area contributed by atoms with E-state index in [2.05, 4.69) is 34.1 Å². The van der Waals surface area contributed by atoms with Crippen molar-refractivity contribution in [2.24, 2.45) is 5.10 Å². The van der Waals surface area contributed by atoms with Crippen LogP contribution in [0.15, 0.2) is 41.0 Å². The molecule has 0 bridgehead atoms. The van der Waals surface area contributed by atoms with Crippen molar-refractivity contribution < 1.29 is 0 Å². The Morgan fingerprint density at radius 2 is 1.94 bits per heavy atom. The molecule has 0 amide bonds. The van der Waals surface area contributed by atoms with Crippen LogP contribution >= 0.6 is 12.2 Å². The maximum Gasteiger partial charge on any atom is 0.187 e. The van der Waals surface area contributed by atoms with Gasteiger partial charge in [-0.05, 0) is 44.1 Å². The second-order valence-corrected chi connectivity index (χ2v) is 4.71. The summed E-state index contributed by atoms with van der Waals surface area (Å²) in [6.07, 6.45) is 3.81. The van der Waals surface area contributed by atoms with Crippen molar-refractivity contribution in [1.82, 2.24) is 10.7 Å². The van der Waals surface area contributed by atoms with Crippen molar-refractivity contribution in [3.8, 4) is 0 Å². The minimum atomic E-state index is 0.307. The highest BCUT2D eigenvalue weighted by Gasteiger charge is 1.94. The van der Waals surface area contributed by atoms with Crippen LogP contribution in [0.3, 0.4) is 0 Å². The zero-order chi connectivity index (χ0) is 13.4. The summed E-state index contributed by atoms with van der Waals surface area (Å²) in [5, 5.41) is 7.66. The van der Waals surface area contributed by atoms with E-state index in [9.17, 15) is 0 Å². The number of rotatable bonds is 4. The average Bonchev–Trinajstić information content (AvgIpc) is 2.29. The van der Waals surface area contributed by atoms with Gasteiger partial charge in [0.15, 0.2) is 5.11 Å². The largest absolute Gasteiger partial charge is 0.359 e. The van der Waals surface area contributed by atoms with E-state index in [1.54, 1.807) is 6.21 Å². The van der Waals surface area contributed by atoms with Crippen molar-refractivity contribution in [2.75, 3.05) is 0 Å². The molecule has 0 heterocycles. The van der Waals surface area contributed by atoms with Crippen LogP contribution in [0.5, 0.6) is 0 Å². The van der Waals surface area contributed by atoms with Gasteiger partial charge in [-0.1, -0.05) is 36.4 Å². The van der Waals surface area contributed by atoms with E-state index in [0.717, 1.165) is 11.1 Å². The van der Waals surface area contributed by atoms with E-state index in [0.29, 0.717) is 11.2 Å². The summed E-state index contributed by atoms with van der Waals surface area (Å²) in [7, 11) is 0. The number of allylic oxidation sites excluding steroid dienone is 1. The van der Waals surface area contributed by atoms with Gasteiger partial charge in [-0.25, -0.2) is 0 Å². The molecule has 3 nitrogen and oxygen atoms in total. The predicted octanol–water partition coefficient (Wildman–Crippen LogP) is 2.95. The zero-order valence-corrected chi connectivity index (χ0v) is 11.8. The predicted molar refractivity (Wildman–Crippen MR) is 82.6 cm³/mol. The first kappa shape index (κ1) is 14.4. The third kappa shape index (κ3) is 6.15. The highest BCUT2D eigenvalue weighted by atomic mass is 32.1. The van der Waals surface area contributed by atoms with Crippen LogP contribution in [-0.2, 0) is 0 Å². The fourth-order valence-corrected chi connectivity index (χ4v) is 1.63. The first-order valence-corrected chi connectivity index (χ1v) is 6.31. The molecule has 0 aliphatic carbocycles. The molecule has 0 fully saturated rings. The SMILES string of the molecule is CC(/C=N/NC(=S)NC(C)C)=C\c1ccccc1. The second-order valence-electron chi connectivity index (χ2n) is 4.30. The van der Waals surface area contributed by atoms with Crippen molar-refractivity contribution in [3.05, 3.63) is 41.5 Å². The van der Waals surface area contributed by atoms with Gasteiger partial charge in [-0.2, -0.15) is 5.10 Å². The maximum absolute atomic E-state index is 5.06. The monoisotopic (exact) mass is 261 g/mol. The summed E-state index contributed by atoms with van der Waals surface area (Å²) >= 11 is 5.06. The lowest BCUT2D eigenvalue weighted by atomic mass is 10.1. The van der Waals surface area contributed by atoms with E-state index in [1.807, 2.05) is 39.0 Å². The number of thiocarbonyl (C=S) groups is 1. The van der Waals surface area contributed by atoms with Crippen molar-refractivity contribution in [2.45, 2.75) is 26.8 Å². The molecule has 2 N–H and O–H groups in total. The molecule has 0 aromatic heterocycles.